The maximum absolute atomic E-state index is 12.9. The Balaban J connectivity index is 1.43. The Bertz CT molecular complexity index is 600. The van der Waals surface area contributed by atoms with Gasteiger partial charge in [-0.25, -0.2) is 0 Å². The van der Waals surface area contributed by atoms with Crippen molar-refractivity contribution in [3.05, 3.63) is 35.9 Å². The highest BCUT2D eigenvalue weighted by Crippen LogP contribution is 2.49. The van der Waals surface area contributed by atoms with E-state index in [4.69, 9.17) is 0 Å². The zero-order valence-electron chi connectivity index (χ0n) is 13.2. The van der Waals surface area contributed by atoms with E-state index >= 15 is 0 Å². The van der Waals surface area contributed by atoms with E-state index in [2.05, 4.69) is 12.1 Å². The van der Waals surface area contributed by atoms with Gasteiger partial charge in [0.1, 0.15) is 6.04 Å². The average molecular weight is 330 g/mol. The lowest BCUT2D eigenvalue weighted by Crippen LogP contribution is -2.48. The lowest BCUT2D eigenvalue weighted by atomic mass is 10.1. The summed E-state index contributed by atoms with van der Waals surface area (Å²) in [5.41, 5.74) is 1.25. The molecule has 3 fully saturated rings. The van der Waals surface area contributed by atoms with Crippen LogP contribution in [-0.4, -0.2) is 52.4 Å². The first kappa shape index (κ1) is 15.1. The second kappa shape index (κ2) is 6.19. The van der Waals surface area contributed by atoms with Gasteiger partial charge in [0.05, 0.1) is 5.88 Å². The van der Waals surface area contributed by atoms with Crippen molar-refractivity contribution in [2.75, 3.05) is 24.7 Å². The molecular weight excluding hydrogens is 308 g/mol. The number of nitrogens with zero attached hydrogens (tertiary/aromatic N) is 2. The Morgan fingerprint density at radius 2 is 1.78 bits per heavy atom. The summed E-state index contributed by atoms with van der Waals surface area (Å²) in [7, 11) is 0. The molecule has 2 heterocycles. The summed E-state index contributed by atoms with van der Waals surface area (Å²) < 4.78 is 0. The second-order valence-electron chi connectivity index (χ2n) is 6.72. The van der Waals surface area contributed by atoms with Crippen LogP contribution in [0.5, 0.6) is 0 Å². The molecule has 1 aromatic carbocycles. The molecular formula is C18H22N2O2S. The fourth-order valence-electron chi connectivity index (χ4n) is 3.76. The third-order valence-electron chi connectivity index (χ3n) is 5.20. The van der Waals surface area contributed by atoms with Crippen molar-refractivity contribution in [1.29, 1.82) is 0 Å². The molecule has 1 aromatic rings. The van der Waals surface area contributed by atoms with Crippen LogP contribution in [0.15, 0.2) is 30.3 Å². The van der Waals surface area contributed by atoms with Crippen LogP contribution in [0.25, 0.3) is 0 Å². The summed E-state index contributed by atoms with van der Waals surface area (Å²) in [6.45, 7) is 1.72. The van der Waals surface area contributed by atoms with Crippen molar-refractivity contribution in [3.63, 3.8) is 0 Å². The predicted octanol–water partition coefficient (Wildman–Crippen LogP) is 2.31. The largest absolute Gasteiger partial charge is 0.341 e. The number of hydrogen-bond donors (Lipinski definition) is 0. The van der Waals surface area contributed by atoms with E-state index in [1.165, 1.54) is 5.56 Å². The Morgan fingerprint density at radius 3 is 2.52 bits per heavy atom. The monoisotopic (exact) mass is 330 g/mol. The van der Waals surface area contributed by atoms with E-state index in [9.17, 15) is 9.59 Å². The average Bonchev–Trinajstić information content (AvgIpc) is 3.01. The topological polar surface area (TPSA) is 40.6 Å². The molecule has 2 amide bonds. The van der Waals surface area contributed by atoms with Crippen molar-refractivity contribution in [3.8, 4) is 0 Å². The molecule has 0 spiro atoms. The number of likely N-dealkylation sites (tertiary alicyclic amines) is 1. The van der Waals surface area contributed by atoms with Crippen LogP contribution < -0.4 is 0 Å². The number of carbonyl (C=O) groups is 2. The molecule has 4 rings (SSSR count). The van der Waals surface area contributed by atoms with Gasteiger partial charge in [0, 0.05) is 24.8 Å². The quantitative estimate of drug-likeness (QED) is 0.854. The highest BCUT2D eigenvalue weighted by atomic mass is 32.2. The molecule has 0 bridgehead atoms. The Morgan fingerprint density at radius 1 is 1.04 bits per heavy atom. The highest BCUT2D eigenvalue weighted by Gasteiger charge is 2.49. The summed E-state index contributed by atoms with van der Waals surface area (Å²) in [5.74, 6) is 2.19. The van der Waals surface area contributed by atoms with Crippen LogP contribution in [0.3, 0.4) is 0 Å². The number of thioether (sulfide) groups is 1. The number of benzene rings is 1. The molecule has 2 saturated heterocycles. The Hall–Kier alpha value is -1.49. The summed E-state index contributed by atoms with van der Waals surface area (Å²) in [4.78, 5) is 29.3. The minimum atomic E-state index is -0.234. The van der Waals surface area contributed by atoms with Crippen molar-refractivity contribution in [2.24, 2.45) is 5.92 Å². The number of carbonyl (C=O) groups excluding carboxylic acids is 2. The highest BCUT2D eigenvalue weighted by molar-refractivity contribution is 7.99. The normalized spacial score (nSPS) is 29.8. The summed E-state index contributed by atoms with van der Waals surface area (Å²) in [6, 6.07) is 10.0. The van der Waals surface area contributed by atoms with Crippen LogP contribution in [0, 0.1) is 5.92 Å². The molecule has 23 heavy (non-hydrogen) atoms. The van der Waals surface area contributed by atoms with Crippen molar-refractivity contribution in [2.45, 2.75) is 31.2 Å². The molecule has 122 valence electrons. The standard InChI is InChI=1S/C18H22N2O2S/c21-17(15-10-14(15)13-6-2-1-3-7-13)20-12-23-11-16(20)18(22)19-8-4-5-9-19/h1-3,6-7,14-16H,4-5,8-12H2/t14-,15+,16+/m1/s1. The molecule has 5 heteroatoms. The van der Waals surface area contributed by atoms with Gasteiger partial charge in [-0.1, -0.05) is 30.3 Å². The molecule has 2 aliphatic heterocycles. The maximum Gasteiger partial charge on any atom is 0.246 e. The van der Waals surface area contributed by atoms with Crippen LogP contribution in [0.1, 0.15) is 30.7 Å². The second-order valence-corrected chi connectivity index (χ2v) is 7.72. The van der Waals surface area contributed by atoms with E-state index in [0.29, 0.717) is 11.8 Å². The van der Waals surface area contributed by atoms with Crippen molar-refractivity contribution < 1.29 is 9.59 Å². The maximum atomic E-state index is 12.9. The minimum absolute atomic E-state index is 0.0741. The van der Waals surface area contributed by atoms with Crippen LogP contribution >= 0.6 is 11.8 Å². The van der Waals surface area contributed by atoms with Gasteiger partial charge in [0.25, 0.3) is 0 Å². The lowest BCUT2D eigenvalue weighted by Gasteiger charge is -2.27. The molecule has 1 aliphatic carbocycles. The fraction of sp³-hybridized carbons (Fsp3) is 0.556. The van der Waals surface area contributed by atoms with Crippen LogP contribution in [0.4, 0.5) is 0 Å². The third-order valence-corrected chi connectivity index (χ3v) is 6.22. The molecule has 4 nitrogen and oxygen atoms in total. The smallest absolute Gasteiger partial charge is 0.246 e. The summed E-state index contributed by atoms with van der Waals surface area (Å²) in [5, 5.41) is 0. The van der Waals surface area contributed by atoms with Crippen LogP contribution in [0.2, 0.25) is 0 Å². The summed E-state index contributed by atoms with van der Waals surface area (Å²) in [6.07, 6.45) is 3.12. The van der Waals surface area contributed by atoms with Crippen molar-refractivity contribution in [1.82, 2.24) is 9.80 Å². The Labute approximate surface area is 141 Å². The molecule has 3 aliphatic rings. The molecule has 0 aromatic heterocycles. The zero-order chi connectivity index (χ0) is 15.8. The van der Waals surface area contributed by atoms with Gasteiger partial charge in [0.15, 0.2) is 0 Å². The number of rotatable bonds is 3. The molecule has 1 saturated carbocycles. The summed E-state index contributed by atoms with van der Waals surface area (Å²) >= 11 is 1.71. The van der Waals surface area contributed by atoms with Gasteiger partial charge >= 0.3 is 0 Å². The first-order valence-corrected chi connectivity index (χ1v) is 9.63. The van der Waals surface area contributed by atoms with E-state index in [-0.39, 0.29) is 23.8 Å². The van der Waals surface area contributed by atoms with E-state index in [1.54, 1.807) is 11.8 Å². The first-order chi connectivity index (χ1) is 11.3. The van der Waals surface area contributed by atoms with Crippen LogP contribution in [-0.2, 0) is 9.59 Å². The van der Waals surface area contributed by atoms with Gasteiger partial charge in [-0.15, -0.1) is 11.8 Å². The SMILES string of the molecule is O=C([C@@H]1CSCN1C(=O)[C@H]1C[C@@H]1c1ccccc1)N1CCCC1. The van der Waals surface area contributed by atoms with E-state index in [0.717, 1.165) is 38.1 Å². The zero-order valence-corrected chi connectivity index (χ0v) is 14.0. The molecule has 0 radical (unpaired) electrons. The van der Waals surface area contributed by atoms with Gasteiger partial charge < -0.3 is 9.80 Å². The number of amides is 2. The predicted molar refractivity (Wildman–Crippen MR) is 91.1 cm³/mol. The van der Waals surface area contributed by atoms with Crippen molar-refractivity contribution >= 4 is 23.6 Å². The first-order valence-electron chi connectivity index (χ1n) is 8.47. The molecule has 0 N–H and O–H groups in total. The lowest BCUT2D eigenvalue weighted by molar-refractivity contribution is -0.143. The molecule has 0 unspecified atom stereocenters. The van der Waals surface area contributed by atoms with Gasteiger partial charge in [-0.2, -0.15) is 0 Å². The van der Waals surface area contributed by atoms with Gasteiger partial charge in [-0.05, 0) is 30.7 Å². The van der Waals surface area contributed by atoms with E-state index in [1.807, 2.05) is 28.0 Å². The third kappa shape index (κ3) is 2.87. The van der Waals surface area contributed by atoms with Gasteiger partial charge in [0.2, 0.25) is 11.8 Å². The molecule has 3 atom stereocenters. The number of hydrogen-bond acceptors (Lipinski definition) is 3. The fourth-order valence-corrected chi connectivity index (χ4v) is 4.92. The minimum Gasteiger partial charge on any atom is -0.341 e. The van der Waals surface area contributed by atoms with E-state index < -0.39 is 0 Å². The Kier molecular flexibility index (Phi) is 4.05. The van der Waals surface area contributed by atoms with Gasteiger partial charge in [-0.3, -0.25) is 9.59 Å².